The number of aryl methyl sites for hydroxylation is 2. The molecular weight excluding hydrogens is 417 g/mol. The summed E-state index contributed by atoms with van der Waals surface area (Å²) >= 11 is 0. The molecule has 1 saturated heterocycles. The fraction of sp³-hybridized carbons (Fsp3) is 0.333. The molecule has 5 nitrogen and oxygen atoms in total. The number of benzene rings is 2. The fourth-order valence-corrected chi connectivity index (χ4v) is 4.31. The van der Waals surface area contributed by atoms with Gasteiger partial charge in [0.15, 0.2) is 0 Å². The predicted molar refractivity (Wildman–Crippen MR) is 117 cm³/mol. The lowest BCUT2D eigenvalue weighted by Gasteiger charge is -2.25. The molecule has 2 aromatic carbocycles. The first-order valence-corrected chi connectivity index (χ1v) is 10.6. The zero-order valence-corrected chi connectivity index (χ0v) is 18.0. The third-order valence-electron chi connectivity index (χ3n) is 5.88. The number of carbonyl (C=O) groups excluding carboxylic acids is 1. The van der Waals surface area contributed by atoms with E-state index in [9.17, 15) is 18.0 Å². The minimum atomic E-state index is -4.48. The average Bonchev–Trinajstić information content (AvgIpc) is 3.19. The summed E-state index contributed by atoms with van der Waals surface area (Å²) < 4.78 is 41.0. The Bertz CT molecular complexity index is 1110. The molecule has 1 aliphatic heterocycles. The molecule has 1 aromatic heterocycles. The normalized spacial score (nSPS) is 15.0. The monoisotopic (exact) mass is 442 g/mol. The van der Waals surface area contributed by atoms with Crippen molar-refractivity contribution in [2.45, 2.75) is 38.8 Å². The number of nitrogens with zero attached hydrogens (tertiary/aromatic N) is 2. The van der Waals surface area contributed by atoms with Gasteiger partial charge in [-0.1, -0.05) is 24.3 Å². The highest BCUT2D eigenvalue weighted by molar-refractivity contribution is 6.05. The number of hydrogen-bond acceptors (Lipinski definition) is 3. The van der Waals surface area contributed by atoms with E-state index in [-0.39, 0.29) is 11.6 Å². The molecule has 2 N–H and O–H groups in total. The van der Waals surface area contributed by atoms with Gasteiger partial charge in [0, 0.05) is 11.6 Å². The van der Waals surface area contributed by atoms with Gasteiger partial charge in [-0.15, -0.1) is 0 Å². The molecule has 0 bridgehead atoms. The van der Waals surface area contributed by atoms with Crippen molar-refractivity contribution in [3.05, 3.63) is 76.6 Å². The lowest BCUT2D eigenvalue weighted by molar-refractivity contribution is -0.137. The van der Waals surface area contributed by atoms with E-state index in [4.69, 9.17) is 0 Å². The molecule has 0 saturated carbocycles. The second-order valence-electron chi connectivity index (χ2n) is 8.15. The highest BCUT2D eigenvalue weighted by atomic mass is 19.4. The second kappa shape index (κ2) is 8.78. The minimum Gasteiger partial charge on any atom is -0.322 e. The highest BCUT2D eigenvalue weighted by Gasteiger charge is 2.31. The summed E-state index contributed by atoms with van der Waals surface area (Å²) in [6.07, 6.45) is -1.26. The average molecular weight is 442 g/mol. The lowest BCUT2D eigenvalue weighted by atomic mass is 9.91. The first-order valence-electron chi connectivity index (χ1n) is 10.6. The van der Waals surface area contributed by atoms with Gasteiger partial charge in [0.25, 0.3) is 5.91 Å². The first kappa shape index (κ1) is 22.1. The summed E-state index contributed by atoms with van der Waals surface area (Å²) in [6, 6.07) is 10.6. The number of halogens is 3. The van der Waals surface area contributed by atoms with Crippen molar-refractivity contribution >= 4 is 11.6 Å². The topological polar surface area (TPSA) is 59.0 Å². The van der Waals surface area contributed by atoms with Crippen LogP contribution in [0.1, 0.15) is 51.5 Å². The van der Waals surface area contributed by atoms with Crippen molar-refractivity contribution in [2.24, 2.45) is 0 Å². The zero-order chi connectivity index (χ0) is 22.9. The molecule has 0 aliphatic carbocycles. The molecule has 32 heavy (non-hydrogen) atoms. The number of nitrogens with one attached hydrogen (secondary N) is 2. The number of hydrogen-bond donors (Lipinski definition) is 2. The van der Waals surface area contributed by atoms with E-state index >= 15 is 0 Å². The Balaban J connectivity index is 1.74. The van der Waals surface area contributed by atoms with E-state index in [1.165, 1.54) is 18.3 Å². The zero-order valence-electron chi connectivity index (χ0n) is 18.0. The van der Waals surface area contributed by atoms with Crippen molar-refractivity contribution in [2.75, 3.05) is 18.4 Å². The maximum absolute atomic E-state index is 13.2. The predicted octanol–water partition coefficient (Wildman–Crippen LogP) is 5.23. The van der Waals surface area contributed by atoms with Gasteiger partial charge in [0.05, 0.1) is 28.7 Å². The van der Waals surface area contributed by atoms with Gasteiger partial charge in [-0.05, 0) is 69.1 Å². The van der Waals surface area contributed by atoms with Crippen molar-refractivity contribution in [1.82, 2.24) is 15.1 Å². The Labute approximate surface area is 184 Å². The number of alkyl halides is 3. The van der Waals surface area contributed by atoms with Crippen LogP contribution in [0.15, 0.2) is 48.7 Å². The van der Waals surface area contributed by atoms with Gasteiger partial charge in [-0.25, -0.2) is 4.68 Å². The highest BCUT2D eigenvalue weighted by Crippen LogP contribution is 2.33. The lowest BCUT2D eigenvalue weighted by Crippen LogP contribution is -2.29. The van der Waals surface area contributed by atoms with Crippen LogP contribution in [0.5, 0.6) is 0 Å². The maximum atomic E-state index is 13.2. The van der Waals surface area contributed by atoms with Crippen molar-refractivity contribution < 1.29 is 18.0 Å². The summed E-state index contributed by atoms with van der Waals surface area (Å²) in [5.74, 6) is -0.352. The first-order chi connectivity index (χ1) is 15.3. The Morgan fingerprint density at radius 3 is 2.41 bits per heavy atom. The number of aromatic nitrogens is 2. The van der Waals surface area contributed by atoms with E-state index in [1.807, 2.05) is 36.7 Å². The summed E-state index contributed by atoms with van der Waals surface area (Å²) in [5.41, 5.74) is 3.48. The van der Waals surface area contributed by atoms with Crippen LogP contribution >= 0.6 is 0 Å². The summed E-state index contributed by atoms with van der Waals surface area (Å²) in [5, 5.41) is 10.5. The van der Waals surface area contributed by atoms with Crippen molar-refractivity contribution in [3.63, 3.8) is 0 Å². The van der Waals surface area contributed by atoms with Crippen LogP contribution in [0.4, 0.5) is 18.9 Å². The van der Waals surface area contributed by atoms with Crippen LogP contribution in [0, 0.1) is 13.8 Å². The van der Waals surface area contributed by atoms with Crippen LogP contribution in [0.25, 0.3) is 5.69 Å². The number of anilines is 1. The number of rotatable bonds is 4. The van der Waals surface area contributed by atoms with Crippen LogP contribution in [-0.2, 0) is 6.18 Å². The number of para-hydroxylation sites is 1. The van der Waals surface area contributed by atoms with Gasteiger partial charge in [0.2, 0.25) is 0 Å². The maximum Gasteiger partial charge on any atom is 0.416 e. The standard InChI is InChI=1S/C24H25F3N4O/c1-15-5-3-6-16(2)21(15)31-22(17-9-11-28-12-10-17)20(14-29-31)23(32)30-19-8-4-7-18(13-19)24(25,26)27/h3-8,13-14,17,28H,9-12H2,1-2H3,(H,30,32). The van der Waals surface area contributed by atoms with Crippen LogP contribution in [0.3, 0.4) is 0 Å². The van der Waals surface area contributed by atoms with Crippen molar-refractivity contribution in [1.29, 1.82) is 0 Å². The molecule has 0 atom stereocenters. The van der Waals surface area contributed by atoms with Crippen LogP contribution in [0.2, 0.25) is 0 Å². The van der Waals surface area contributed by atoms with E-state index in [0.717, 1.165) is 60.6 Å². The van der Waals surface area contributed by atoms with E-state index < -0.39 is 17.6 Å². The summed E-state index contributed by atoms with van der Waals surface area (Å²) in [7, 11) is 0. The summed E-state index contributed by atoms with van der Waals surface area (Å²) in [6.45, 7) is 5.66. The molecule has 0 radical (unpaired) electrons. The van der Waals surface area contributed by atoms with E-state index in [2.05, 4.69) is 15.7 Å². The Hall–Kier alpha value is -3.13. The Morgan fingerprint density at radius 1 is 1.09 bits per heavy atom. The molecule has 2 heterocycles. The summed E-state index contributed by atoms with van der Waals surface area (Å²) in [4.78, 5) is 13.2. The molecule has 0 unspecified atom stereocenters. The van der Waals surface area contributed by atoms with Gasteiger partial charge in [0.1, 0.15) is 0 Å². The van der Waals surface area contributed by atoms with E-state index in [1.54, 1.807) is 0 Å². The van der Waals surface area contributed by atoms with Gasteiger partial charge in [-0.3, -0.25) is 4.79 Å². The van der Waals surface area contributed by atoms with Crippen LogP contribution in [-0.4, -0.2) is 28.8 Å². The van der Waals surface area contributed by atoms with Gasteiger partial charge < -0.3 is 10.6 Å². The number of piperidine rings is 1. The quantitative estimate of drug-likeness (QED) is 0.582. The minimum absolute atomic E-state index is 0.0981. The number of carbonyl (C=O) groups is 1. The molecule has 4 rings (SSSR count). The fourth-order valence-electron chi connectivity index (χ4n) is 4.31. The Kier molecular flexibility index (Phi) is 6.06. The van der Waals surface area contributed by atoms with Crippen LogP contribution < -0.4 is 10.6 Å². The molecule has 1 aliphatic rings. The molecule has 8 heteroatoms. The molecule has 1 fully saturated rings. The van der Waals surface area contributed by atoms with E-state index in [0.29, 0.717) is 5.56 Å². The third kappa shape index (κ3) is 4.41. The molecule has 0 spiro atoms. The second-order valence-corrected chi connectivity index (χ2v) is 8.15. The van der Waals surface area contributed by atoms with Gasteiger partial charge in [-0.2, -0.15) is 18.3 Å². The van der Waals surface area contributed by atoms with Gasteiger partial charge >= 0.3 is 6.18 Å². The molecule has 1 amide bonds. The molecular formula is C24H25F3N4O. The largest absolute Gasteiger partial charge is 0.416 e. The molecule has 3 aromatic rings. The smallest absolute Gasteiger partial charge is 0.322 e. The third-order valence-corrected chi connectivity index (χ3v) is 5.88. The Morgan fingerprint density at radius 2 is 1.75 bits per heavy atom. The number of amides is 1. The molecule has 168 valence electrons. The van der Waals surface area contributed by atoms with Crippen molar-refractivity contribution in [3.8, 4) is 5.69 Å². The SMILES string of the molecule is Cc1cccc(C)c1-n1ncc(C(=O)Nc2cccc(C(F)(F)F)c2)c1C1CCNCC1.